The molecular weight excluding hydrogens is 576 g/mol. The first-order valence-electron chi connectivity index (χ1n) is 12.8. The number of benzene rings is 4. The van der Waals surface area contributed by atoms with E-state index in [9.17, 15) is 14.4 Å². The second-order valence-electron chi connectivity index (χ2n) is 10.2. The number of nitrogens with zero attached hydrogens (tertiary/aromatic N) is 2. The summed E-state index contributed by atoms with van der Waals surface area (Å²) in [4.78, 5) is 42.7. The molecule has 0 aromatic heterocycles. The minimum Gasteiger partial charge on any atom is -0.272 e. The normalized spacial score (nSPS) is 22.4. The molecule has 0 radical (unpaired) electrons. The van der Waals surface area contributed by atoms with Crippen molar-refractivity contribution >= 4 is 45.3 Å². The molecule has 8 rings (SSSR count). The summed E-state index contributed by atoms with van der Waals surface area (Å²) in [6, 6.07) is 30.4. The first-order valence-corrected chi connectivity index (χ1v) is 14.0. The number of amides is 3. The molecule has 0 unspecified atom stereocenters. The summed E-state index contributed by atoms with van der Waals surface area (Å²) in [6.45, 7) is 0.0451. The van der Waals surface area contributed by atoms with Gasteiger partial charge in [0.25, 0.3) is 17.7 Å². The zero-order valence-corrected chi connectivity index (χ0v) is 23.0. The van der Waals surface area contributed by atoms with Crippen LogP contribution >= 0.6 is 27.5 Å². The molecule has 0 spiro atoms. The Morgan fingerprint density at radius 3 is 1.67 bits per heavy atom. The van der Waals surface area contributed by atoms with Crippen LogP contribution in [0, 0.1) is 11.8 Å². The zero-order valence-electron chi connectivity index (χ0n) is 20.6. The minimum atomic E-state index is -0.584. The van der Waals surface area contributed by atoms with Crippen LogP contribution in [0.15, 0.2) is 102 Å². The fraction of sp³-hybridized carbons (Fsp3) is 0.156. The molecule has 2 bridgehead atoms. The number of hydrazine groups is 1. The van der Waals surface area contributed by atoms with E-state index in [1.807, 2.05) is 48.5 Å². The molecule has 3 aliphatic carbocycles. The highest BCUT2D eigenvalue weighted by molar-refractivity contribution is 9.10. The molecule has 1 saturated heterocycles. The average molecular weight is 598 g/mol. The third kappa shape index (κ3) is 3.62. The van der Waals surface area contributed by atoms with Crippen LogP contribution in [0.4, 0.5) is 0 Å². The van der Waals surface area contributed by atoms with Gasteiger partial charge >= 0.3 is 0 Å². The van der Waals surface area contributed by atoms with Crippen molar-refractivity contribution in [1.82, 2.24) is 10.0 Å². The topological polar surface area (TPSA) is 57.7 Å². The van der Waals surface area contributed by atoms with E-state index >= 15 is 0 Å². The highest BCUT2D eigenvalue weighted by Crippen LogP contribution is 2.61. The van der Waals surface area contributed by atoms with Gasteiger partial charge in [0.05, 0.1) is 29.0 Å². The van der Waals surface area contributed by atoms with Crippen LogP contribution in [0.3, 0.4) is 0 Å². The lowest BCUT2D eigenvalue weighted by molar-refractivity contribution is -0.155. The third-order valence-electron chi connectivity index (χ3n) is 8.25. The highest BCUT2D eigenvalue weighted by Gasteiger charge is 2.63. The lowest BCUT2D eigenvalue weighted by atomic mass is 9.55. The van der Waals surface area contributed by atoms with Gasteiger partial charge in [-0.2, -0.15) is 5.01 Å². The molecule has 0 saturated carbocycles. The Balaban J connectivity index is 1.36. The Morgan fingerprint density at radius 2 is 1.18 bits per heavy atom. The maximum absolute atomic E-state index is 14.3. The summed E-state index contributed by atoms with van der Waals surface area (Å²) in [5, 5.41) is 2.66. The number of carbonyl (C=O) groups is 3. The number of halogens is 2. The molecule has 3 amide bonds. The van der Waals surface area contributed by atoms with Gasteiger partial charge in [0, 0.05) is 16.3 Å². The van der Waals surface area contributed by atoms with E-state index in [2.05, 4.69) is 40.2 Å². The van der Waals surface area contributed by atoms with Gasteiger partial charge in [-0.05, 0) is 52.1 Å². The molecule has 7 heteroatoms. The van der Waals surface area contributed by atoms with Crippen molar-refractivity contribution < 1.29 is 14.4 Å². The predicted octanol–water partition coefficient (Wildman–Crippen LogP) is 6.55. The van der Waals surface area contributed by atoms with Gasteiger partial charge in [-0.3, -0.25) is 14.4 Å². The first-order chi connectivity index (χ1) is 19.0. The van der Waals surface area contributed by atoms with Crippen molar-refractivity contribution in [2.75, 3.05) is 0 Å². The number of hydrogen-bond acceptors (Lipinski definition) is 3. The van der Waals surface area contributed by atoms with Gasteiger partial charge in [-0.15, -0.1) is 0 Å². The van der Waals surface area contributed by atoms with Crippen LogP contribution in [-0.4, -0.2) is 27.7 Å². The summed E-state index contributed by atoms with van der Waals surface area (Å²) in [5.41, 5.74) is 5.36. The van der Waals surface area contributed by atoms with E-state index in [-0.39, 0.29) is 40.8 Å². The smallest absolute Gasteiger partial charge is 0.272 e. The molecule has 39 heavy (non-hydrogen) atoms. The van der Waals surface area contributed by atoms with E-state index in [0.717, 1.165) is 37.3 Å². The van der Waals surface area contributed by atoms with E-state index in [1.54, 1.807) is 24.3 Å². The van der Waals surface area contributed by atoms with Crippen molar-refractivity contribution in [3.63, 3.8) is 0 Å². The van der Waals surface area contributed by atoms with Crippen molar-refractivity contribution in [1.29, 1.82) is 0 Å². The number of hydrogen-bond donors (Lipinski definition) is 0. The molecule has 2 atom stereocenters. The van der Waals surface area contributed by atoms with E-state index < -0.39 is 17.7 Å². The molecule has 4 aromatic carbocycles. The minimum absolute atomic E-state index is 0.0451. The predicted molar refractivity (Wildman–Crippen MR) is 151 cm³/mol. The second kappa shape index (κ2) is 9.18. The van der Waals surface area contributed by atoms with Gasteiger partial charge in [-0.1, -0.05) is 100 Å². The third-order valence-corrected chi connectivity index (χ3v) is 9.11. The summed E-state index contributed by atoms with van der Waals surface area (Å²) >= 11 is 9.87. The molecule has 5 nitrogen and oxygen atoms in total. The van der Waals surface area contributed by atoms with Crippen LogP contribution in [0.2, 0.25) is 5.02 Å². The summed E-state index contributed by atoms with van der Waals surface area (Å²) in [5.74, 6) is -2.86. The van der Waals surface area contributed by atoms with Gasteiger partial charge in [0.15, 0.2) is 0 Å². The molecule has 1 heterocycles. The van der Waals surface area contributed by atoms with Gasteiger partial charge in [0.2, 0.25) is 0 Å². The maximum Gasteiger partial charge on any atom is 0.274 e. The number of carbonyl (C=O) groups excluding carboxylic acids is 3. The fourth-order valence-corrected chi connectivity index (χ4v) is 7.15. The highest BCUT2D eigenvalue weighted by atomic mass is 79.9. The standard InChI is InChI=1S/C32H22BrClN2O3/c33-19-15-13-18(14-16-19)17-35(30(37)24-11-5-6-12-25(24)34)36-31(38)28-26-20-7-1-2-8-21(20)27(29(28)32(36)39)23-10-4-3-9-22(23)26/h1-16,26-29H,17H2/t26?,27?,28-,29+. The molecular formula is C32H22BrClN2O3. The van der Waals surface area contributed by atoms with Crippen LogP contribution in [0.1, 0.15) is 50.0 Å². The van der Waals surface area contributed by atoms with E-state index in [1.165, 1.54) is 5.01 Å². The zero-order chi connectivity index (χ0) is 26.8. The Bertz CT molecular complexity index is 1550. The lowest BCUT2D eigenvalue weighted by Crippen LogP contribution is -2.50. The van der Waals surface area contributed by atoms with Crippen LogP contribution in [0.5, 0.6) is 0 Å². The van der Waals surface area contributed by atoms with Crippen LogP contribution < -0.4 is 0 Å². The number of imide groups is 1. The Hall–Kier alpha value is -3.74. The molecule has 4 aromatic rings. The first kappa shape index (κ1) is 24.3. The van der Waals surface area contributed by atoms with Gasteiger partial charge < -0.3 is 0 Å². The summed E-state index contributed by atoms with van der Waals surface area (Å²) in [7, 11) is 0. The SMILES string of the molecule is O=C(c1ccccc1Cl)N(Cc1ccc(Br)cc1)N1C(=O)[C@@H]2C3c4ccccc4C(c4ccccc43)[C@@H]2C1=O. The van der Waals surface area contributed by atoms with E-state index in [4.69, 9.17) is 11.6 Å². The largest absolute Gasteiger partial charge is 0.274 e. The monoisotopic (exact) mass is 596 g/mol. The van der Waals surface area contributed by atoms with Crippen molar-refractivity contribution in [3.05, 3.63) is 140 Å². The fourth-order valence-electron chi connectivity index (χ4n) is 6.67. The van der Waals surface area contributed by atoms with Crippen LogP contribution in [0.25, 0.3) is 0 Å². The second-order valence-corrected chi connectivity index (χ2v) is 11.5. The Kier molecular flexibility index (Phi) is 5.72. The number of rotatable bonds is 4. The Labute approximate surface area is 239 Å². The molecule has 0 N–H and O–H groups in total. The molecule has 4 aliphatic rings. The summed E-state index contributed by atoms with van der Waals surface area (Å²) < 4.78 is 0.890. The van der Waals surface area contributed by atoms with Crippen molar-refractivity contribution in [3.8, 4) is 0 Å². The lowest BCUT2D eigenvalue weighted by Gasteiger charge is -2.45. The quantitative estimate of drug-likeness (QED) is 0.251. The van der Waals surface area contributed by atoms with Crippen molar-refractivity contribution in [2.24, 2.45) is 11.8 Å². The summed E-state index contributed by atoms with van der Waals surface area (Å²) in [6.07, 6.45) is 0. The Morgan fingerprint density at radius 1 is 0.718 bits per heavy atom. The van der Waals surface area contributed by atoms with Gasteiger partial charge in [0.1, 0.15) is 0 Å². The van der Waals surface area contributed by atoms with E-state index in [0.29, 0.717) is 0 Å². The maximum atomic E-state index is 14.3. The van der Waals surface area contributed by atoms with Crippen molar-refractivity contribution in [2.45, 2.75) is 18.4 Å². The van der Waals surface area contributed by atoms with Gasteiger partial charge in [-0.25, -0.2) is 5.01 Å². The molecule has 1 aliphatic heterocycles. The van der Waals surface area contributed by atoms with Crippen LogP contribution in [-0.2, 0) is 16.1 Å². The average Bonchev–Trinajstić information content (AvgIpc) is 3.22. The molecule has 1 fully saturated rings. The molecule has 192 valence electrons.